The third kappa shape index (κ3) is 2.57. The Labute approximate surface area is 102 Å². The van der Waals surface area contributed by atoms with Crippen molar-refractivity contribution in [1.82, 2.24) is 15.3 Å². The third-order valence-electron chi connectivity index (χ3n) is 3.65. The Bertz CT molecular complexity index is 355. The SMILES string of the molecule is c1nc(C2CNC2)ncc1OC1CCCCC1. The van der Waals surface area contributed by atoms with Crippen LogP contribution in [0.3, 0.4) is 0 Å². The van der Waals surface area contributed by atoms with Crippen LogP contribution in [0.4, 0.5) is 0 Å². The molecule has 1 saturated heterocycles. The second-order valence-corrected chi connectivity index (χ2v) is 5.01. The molecule has 1 aliphatic heterocycles. The lowest BCUT2D eigenvalue weighted by molar-refractivity contribution is 0.153. The molecule has 0 bridgehead atoms. The zero-order valence-corrected chi connectivity index (χ0v) is 10.1. The van der Waals surface area contributed by atoms with E-state index in [0.717, 1.165) is 24.7 Å². The molecule has 1 N–H and O–H groups in total. The van der Waals surface area contributed by atoms with E-state index in [4.69, 9.17) is 4.74 Å². The van der Waals surface area contributed by atoms with Gasteiger partial charge in [-0.2, -0.15) is 0 Å². The van der Waals surface area contributed by atoms with Gasteiger partial charge in [-0.15, -0.1) is 0 Å². The van der Waals surface area contributed by atoms with E-state index >= 15 is 0 Å². The third-order valence-corrected chi connectivity index (χ3v) is 3.65. The van der Waals surface area contributed by atoms with Crippen molar-refractivity contribution in [3.05, 3.63) is 18.2 Å². The van der Waals surface area contributed by atoms with Crippen LogP contribution in [0.25, 0.3) is 0 Å². The highest BCUT2D eigenvalue weighted by Gasteiger charge is 2.21. The van der Waals surface area contributed by atoms with Crippen LogP contribution >= 0.6 is 0 Å². The van der Waals surface area contributed by atoms with Gasteiger partial charge in [-0.1, -0.05) is 6.42 Å². The van der Waals surface area contributed by atoms with Crippen LogP contribution in [-0.2, 0) is 0 Å². The van der Waals surface area contributed by atoms with Crippen molar-refractivity contribution >= 4 is 0 Å². The van der Waals surface area contributed by atoms with Crippen molar-refractivity contribution in [3.63, 3.8) is 0 Å². The lowest BCUT2D eigenvalue weighted by Crippen LogP contribution is -2.40. The van der Waals surface area contributed by atoms with Gasteiger partial charge >= 0.3 is 0 Å². The average Bonchev–Trinajstić information content (AvgIpc) is 2.31. The van der Waals surface area contributed by atoms with Crippen LogP contribution in [0.2, 0.25) is 0 Å². The molecule has 0 amide bonds. The van der Waals surface area contributed by atoms with Crippen LogP contribution < -0.4 is 10.1 Å². The molecule has 4 nitrogen and oxygen atoms in total. The summed E-state index contributed by atoms with van der Waals surface area (Å²) in [6, 6.07) is 0. The summed E-state index contributed by atoms with van der Waals surface area (Å²) in [6.45, 7) is 2.01. The first-order chi connectivity index (χ1) is 8.42. The topological polar surface area (TPSA) is 47.0 Å². The summed E-state index contributed by atoms with van der Waals surface area (Å²) in [5.74, 6) is 2.27. The Balaban J connectivity index is 1.59. The molecule has 1 aromatic rings. The van der Waals surface area contributed by atoms with Crippen molar-refractivity contribution in [1.29, 1.82) is 0 Å². The number of nitrogens with zero attached hydrogens (tertiary/aromatic N) is 2. The van der Waals surface area contributed by atoms with Gasteiger partial charge in [-0.05, 0) is 25.7 Å². The first kappa shape index (κ1) is 11.0. The smallest absolute Gasteiger partial charge is 0.156 e. The Morgan fingerprint density at radius 2 is 1.76 bits per heavy atom. The van der Waals surface area contributed by atoms with E-state index in [1.165, 1.54) is 32.1 Å². The minimum Gasteiger partial charge on any atom is -0.487 e. The fraction of sp³-hybridized carbons (Fsp3) is 0.692. The molecule has 0 atom stereocenters. The summed E-state index contributed by atoms with van der Waals surface area (Å²) >= 11 is 0. The fourth-order valence-corrected chi connectivity index (χ4v) is 2.44. The molecule has 0 aromatic carbocycles. The number of rotatable bonds is 3. The minimum atomic E-state index is 0.378. The van der Waals surface area contributed by atoms with Gasteiger partial charge in [0.1, 0.15) is 5.82 Å². The zero-order chi connectivity index (χ0) is 11.5. The normalized spacial score (nSPS) is 22.1. The van der Waals surface area contributed by atoms with Gasteiger partial charge in [0.05, 0.1) is 18.5 Å². The largest absolute Gasteiger partial charge is 0.487 e. The van der Waals surface area contributed by atoms with Crippen molar-refractivity contribution in [2.75, 3.05) is 13.1 Å². The minimum absolute atomic E-state index is 0.378. The van der Waals surface area contributed by atoms with Gasteiger partial charge in [0, 0.05) is 19.0 Å². The van der Waals surface area contributed by atoms with E-state index in [9.17, 15) is 0 Å². The highest BCUT2D eigenvalue weighted by molar-refractivity contribution is 5.15. The highest BCUT2D eigenvalue weighted by atomic mass is 16.5. The standard InChI is InChI=1S/C13H19N3O/c1-2-4-11(5-3-1)17-12-8-15-13(16-9-12)10-6-14-7-10/h8-11,14H,1-7H2. The maximum Gasteiger partial charge on any atom is 0.156 e. The van der Waals surface area contributed by atoms with E-state index in [2.05, 4.69) is 15.3 Å². The average molecular weight is 233 g/mol. The van der Waals surface area contributed by atoms with Crippen LogP contribution in [-0.4, -0.2) is 29.2 Å². The number of aromatic nitrogens is 2. The molecular formula is C13H19N3O. The van der Waals surface area contributed by atoms with Gasteiger partial charge < -0.3 is 10.1 Å². The number of nitrogens with one attached hydrogen (secondary N) is 1. The van der Waals surface area contributed by atoms with Gasteiger partial charge in [-0.3, -0.25) is 0 Å². The summed E-state index contributed by atoms with van der Waals surface area (Å²) in [4.78, 5) is 8.78. The summed E-state index contributed by atoms with van der Waals surface area (Å²) in [6.07, 6.45) is 10.3. The second-order valence-electron chi connectivity index (χ2n) is 5.01. The van der Waals surface area contributed by atoms with Crippen molar-refractivity contribution in [3.8, 4) is 5.75 Å². The van der Waals surface area contributed by atoms with Crippen LogP contribution in [0.5, 0.6) is 5.75 Å². The predicted molar refractivity (Wildman–Crippen MR) is 65.1 cm³/mol. The monoisotopic (exact) mass is 233 g/mol. The lowest BCUT2D eigenvalue weighted by atomic mass is 9.98. The molecule has 1 saturated carbocycles. The zero-order valence-electron chi connectivity index (χ0n) is 10.1. The maximum absolute atomic E-state index is 5.90. The van der Waals surface area contributed by atoms with Crippen molar-refractivity contribution in [2.45, 2.75) is 44.1 Å². The molecule has 17 heavy (non-hydrogen) atoms. The predicted octanol–water partition coefficient (Wildman–Crippen LogP) is 1.87. The maximum atomic E-state index is 5.90. The number of hydrogen-bond acceptors (Lipinski definition) is 4. The molecule has 92 valence electrons. The fourth-order valence-electron chi connectivity index (χ4n) is 2.44. The molecule has 1 aromatic heterocycles. The van der Waals surface area contributed by atoms with Crippen LogP contribution in [0.15, 0.2) is 12.4 Å². The number of ether oxygens (including phenoxy) is 1. The van der Waals surface area contributed by atoms with Crippen LogP contribution in [0, 0.1) is 0 Å². The van der Waals surface area contributed by atoms with E-state index in [0.29, 0.717) is 12.0 Å². The molecule has 2 fully saturated rings. The summed E-state index contributed by atoms with van der Waals surface area (Å²) in [5.41, 5.74) is 0. The molecular weight excluding hydrogens is 214 g/mol. The van der Waals surface area contributed by atoms with Crippen molar-refractivity contribution < 1.29 is 4.74 Å². The Morgan fingerprint density at radius 1 is 1.06 bits per heavy atom. The summed E-state index contributed by atoms with van der Waals surface area (Å²) < 4.78 is 5.90. The Kier molecular flexibility index (Phi) is 3.22. The molecule has 0 radical (unpaired) electrons. The lowest BCUT2D eigenvalue weighted by Gasteiger charge is -2.26. The molecule has 4 heteroatoms. The van der Waals surface area contributed by atoms with E-state index in [-0.39, 0.29) is 0 Å². The second kappa shape index (κ2) is 5.00. The summed E-state index contributed by atoms with van der Waals surface area (Å²) in [7, 11) is 0. The number of hydrogen-bond donors (Lipinski definition) is 1. The van der Waals surface area contributed by atoms with E-state index in [1.807, 2.05) is 12.4 Å². The molecule has 1 aliphatic carbocycles. The first-order valence-corrected chi connectivity index (χ1v) is 6.61. The van der Waals surface area contributed by atoms with Crippen LogP contribution in [0.1, 0.15) is 43.8 Å². The van der Waals surface area contributed by atoms with Gasteiger partial charge in [-0.25, -0.2) is 9.97 Å². The molecule has 2 heterocycles. The first-order valence-electron chi connectivity index (χ1n) is 6.61. The Morgan fingerprint density at radius 3 is 2.35 bits per heavy atom. The molecule has 2 aliphatic rings. The van der Waals surface area contributed by atoms with Crippen molar-refractivity contribution in [2.24, 2.45) is 0 Å². The Hall–Kier alpha value is -1.16. The van der Waals surface area contributed by atoms with Gasteiger partial charge in [0.25, 0.3) is 0 Å². The van der Waals surface area contributed by atoms with Gasteiger partial charge in [0.2, 0.25) is 0 Å². The highest BCUT2D eigenvalue weighted by Crippen LogP contribution is 2.23. The molecule has 0 unspecified atom stereocenters. The summed E-state index contributed by atoms with van der Waals surface area (Å²) in [5, 5.41) is 3.23. The van der Waals surface area contributed by atoms with E-state index in [1.54, 1.807) is 0 Å². The van der Waals surface area contributed by atoms with E-state index < -0.39 is 0 Å². The van der Waals surface area contributed by atoms with Gasteiger partial charge in [0.15, 0.2) is 5.75 Å². The molecule has 0 spiro atoms. The molecule has 3 rings (SSSR count). The quantitative estimate of drug-likeness (QED) is 0.866.